The molecule has 1 saturated heterocycles. The number of nitrogens with zero attached hydrogens (tertiary/aromatic N) is 4. The molecule has 0 aromatic carbocycles. The first-order valence-corrected chi connectivity index (χ1v) is 7.39. The molecule has 1 fully saturated rings. The SMILES string of the molecule is CN1CCCC[C@H]1c1csc(Nc2cnccn2)n1. The summed E-state index contributed by atoms with van der Waals surface area (Å²) in [4.78, 5) is 15.3. The molecule has 2 aromatic rings. The lowest BCUT2D eigenvalue weighted by molar-refractivity contribution is 0.184. The molecule has 5 nitrogen and oxygen atoms in total. The molecular weight excluding hydrogens is 258 g/mol. The molecule has 0 amide bonds. The van der Waals surface area contributed by atoms with E-state index in [-0.39, 0.29) is 0 Å². The summed E-state index contributed by atoms with van der Waals surface area (Å²) in [6.45, 7) is 1.16. The maximum absolute atomic E-state index is 4.68. The summed E-state index contributed by atoms with van der Waals surface area (Å²) in [6.07, 6.45) is 8.82. The highest BCUT2D eigenvalue weighted by Crippen LogP contribution is 2.31. The Bertz CT molecular complexity index is 527. The third-order valence-electron chi connectivity index (χ3n) is 3.43. The zero-order valence-corrected chi connectivity index (χ0v) is 11.7. The maximum atomic E-state index is 4.68. The molecule has 0 unspecified atom stereocenters. The van der Waals surface area contributed by atoms with Crippen molar-refractivity contribution in [1.82, 2.24) is 19.9 Å². The largest absolute Gasteiger partial charge is 0.315 e. The number of hydrogen-bond donors (Lipinski definition) is 1. The Balaban J connectivity index is 1.72. The molecule has 1 atom stereocenters. The number of rotatable bonds is 3. The molecule has 0 bridgehead atoms. The first kappa shape index (κ1) is 12.5. The fourth-order valence-corrected chi connectivity index (χ4v) is 3.18. The van der Waals surface area contributed by atoms with E-state index in [2.05, 4.69) is 37.6 Å². The topological polar surface area (TPSA) is 53.9 Å². The van der Waals surface area contributed by atoms with Gasteiger partial charge in [0.25, 0.3) is 0 Å². The molecule has 0 radical (unpaired) electrons. The molecule has 19 heavy (non-hydrogen) atoms. The van der Waals surface area contributed by atoms with Gasteiger partial charge >= 0.3 is 0 Å². The summed E-state index contributed by atoms with van der Waals surface area (Å²) in [5, 5.41) is 6.22. The van der Waals surface area contributed by atoms with E-state index in [4.69, 9.17) is 0 Å². The normalized spacial score (nSPS) is 20.4. The van der Waals surface area contributed by atoms with Crippen LogP contribution < -0.4 is 5.32 Å². The van der Waals surface area contributed by atoms with Gasteiger partial charge in [-0.3, -0.25) is 9.88 Å². The lowest BCUT2D eigenvalue weighted by atomic mass is 10.0. The van der Waals surface area contributed by atoms with E-state index in [1.54, 1.807) is 29.9 Å². The predicted octanol–water partition coefficient (Wildman–Crippen LogP) is 2.83. The second-order valence-corrected chi connectivity index (χ2v) is 5.64. The lowest BCUT2D eigenvalue weighted by Crippen LogP contribution is -2.29. The van der Waals surface area contributed by atoms with Crippen LogP contribution in [0.1, 0.15) is 31.0 Å². The Hall–Kier alpha value is -1.53. The van der Waals surface area contributed by atoms with Gasteiger partial charge in [0.15, 0.2) is 10.9 Å². The minimum atomic E-state index is 0.461. The molecule has 6 heteroatoms. The van der Waals surface area contributed by atoms with Gasteiger partial charge < -0.3 is 5.32 Å². The van der Waals surface area contributed by atoms with Gasteiger partial charge in [0.2, 0.25) is 0 Å². The van der Waals surface area contributed by atoms with Crippen LogP contribution in [0.5, 0.6) is 0 Å². The predicted molar refractivity (Wildman–Crippen MR) is 76.7 cm³/mol. The Morgan fingerprint density at radius 1 is 1.37 bits per heavy atom. The first-order chi connectivity index (χ1) is 9.33. The van der Waals surface area contributed by atoms with Gasteiger partial charge in [-0.2, -0.15) is 0 Å². The molecule has 100 valence electrons. The van der Waals surface area contributed by atoms with Crippen molar-refractivity contribution < 1.29 is 0 Å². The van der Waals surface area contributed by atoms with Crippen LogP contribution in [0.4, 0.5) is 10.9 Å². The number of thiazole rings is 1. The summed E-state index contributed by atoms with van der Waals surface area (Å²) in [5.74, 6) is 0.736. The Morgan fingerprint density at radius 2 is 2.32 bits per heavy atom. The third-order valence-corrected chi connectivity index (χ3v) is 4.21. The minimum Gasteiger partial charge on any atom is -0.315 e. The smallest absolute Gasteiger partial charge is 0.188 e. The standard InChI is InChI=1S/C13H17N5S/c1-18-7-3-2-4-11(18)10-9-19-13(16-10)17-12-8-14-5-6-15-12/h5-6,8-9,11H,2-4,7H2,1H3,(H,15,16,17)/t11-/m0/s1. The first-order valence-electron chi connectivity index (χ1n) is 6.51. The van der Waals surface area contributed by atoms with E-state index in [0.29, 0.717) is 6.04 Å². The van der Waals surface area contributed by atoms with Gasteiger partial charge in [0, 0.05) is 17.8 Å². The number of nitrogens with one attached hydrogen (secondary N) is 1. The highest BCUT2D eigenvalue weighted by Gasteiger charge is 2.22. The van der Waals surface area contributed by atoms with E-state index in [9.17, 15) is 0 Å². The van der Waals surface area contributed by atoms with Crippen LogP contribution in [0.15, 0.2) is 24.0 Å². The summed E-state index contributed by atoms with van der Waals surface area (Å²) in [7, 11) is 2.18. The molecule has 1 N–H and O–H groups in total. The summed E-state index contributed by atoms with van der Waals surface area (Å²) in [6, 6.07) is 0.461. The molecule has 2 aromatic heterocycles. The Labute approximate surface area is 116 Å². The van der Waals surface area contributed by atoms with Crippen molar-refractivity contribution in [1.29, 1.82) is 0 Å². The second-order valence-electron chi connectivity index (χ2n) is 4.79. The summed E-state index contributed by atoms with van der Waals surface area (Å²) >= 11 is 1.62. The van der Waals surface area contributed by atoms with Crippen molar-refractivity contribution in [3.63, 3.8) is 0 Å². The van der Waals surface area contributed by atoms with Crippen LogP contribution in [0.25, 0.3) is 0 Å². The lowest BCUT2D eigenvalue weighted by Gasteiger charge is -2.31. The van der Waals surface area contributed by atoms with E-state index in [0.717, 1.165) is 17.5 Å². The van der Waals surface area contributed by atoms with E-state index in [1.807, 2.05) is 0 Å². The second kappa shape index (κ2) is 5.63. The van der Waals surface area contributed by atoms with Crippen LogP contribution in [0.3, 0.4) is 0 Å². The van der Waals surface area contributed by atoms with Crippen molar-refractivity contribution in [3.05, 3.63) is 29.7 Å². The van der Waals surface area contributed by atoms with Crippen LogP contribution >= 0.6 is 11.3 Å². The number of aromatic nitrogens is 3. The fraction of sp³-hybridized carbons (Fsp3) is 0.462. The van der Waals surface area contributed by atoms with Crippen molar-refractivity contribution in [2.45, 2.75) is 25.3 Å². The zero-order valence-electron chi connectivity index (χ0n) is 10.9. The summed E-state index contributed by atoms with van der Waals surface area (Å²) < 4.78 is 0. The Kier molecular flexibility index (Phi) is 3.70. The van der Waals surface area contributed by atoms with E-state index >= 15 is 0 Å². The van der Waals surface area contributed by atoms with Gasteiger partial charge in [-0.1, -0.05) is 6.42 Å². The average Bonchev–Trinajstić information content (AvgIpc) is 2.89. The van der Waals surface area contributed by atoms with Crippen molar-refractivity contribution in [3.8, 4) is 0 Å². The molecule has 1 aliphatic heterocycles. The van der Waals surface area contributed by atoms with Crippen LogP contribution in [-0.4, -0.2) is 33.4 Å². The minimum absolute atomic E-state index is 0.461. The third kappa shape index (κ3) is 2.90. The quantitative estimate of drug-likeness (QED) is 0.933. The fourth-order valence-electron chi connectivity index (χ4n) is 2.42. The highest BCUT2D eigenvalue weighted by molar-refractivity contribution is 7.13. The molecule has 0 aliphatic carbocycles. The number of piperidine rings is 1. The van der Waals surface area contributed by atoms with Crippen molar-refractivity contribution in [2.75, 3.05) is 18.9 Å². The molecule has 3 rings (SSSR count). The number of hydrogen-bond acceptors (Lipinski definition) is 6. The Morgan fingerprint density at radius 3 is 3.11 bits per heavy atom. The monoisotopic (exact) mass is 275 g/mol. The van der Waals surface area contributed by atoms with Crippen LogP contribution in [0.2, 0.25) is 0 Å². The molecule has 3 heterocycles. The summed E-state index contributed by atoms with van der Waals surface area (Å²) in [5.41, 5.74) is 1.17. The van der Waals surface area contributed by atoms with Gasteiger partial charge in [0.05, 0.1) is 17.9 Å². The van der Waals surface area contributed by atoms with Gasteiger partial charge in [-0.15, -0.1) is 11.3 Å². The molecule has 0 spiro atoms. The molecular formula is C13H17N5S. The number of likely N-dealkylation sites (tertiary alicyclic amines) is 1. The van der Waals surface area contributed by atoms with Gasteiger partial charge in [0.1, 0.15) is 0 Å². The van der Waals surface area contributed by atoms with Gasteiger partial charge in [-0.25, -0.2) is 9.97 Å². The van der Waals surface area contributed by atoms with E-state index < -0.39 is 0 Å². The van der Waals surface area contributed by atoms with Crippen molar-refractivity contribution in [2.24, 2.45) is 0 Å². The van der Waals surface area contributed by atoms with Gasteiger partial charge in [-0.05, 0) is 26.4 Å². The number of anilines is 2. The van der Waals surface area contributed by atoms with E-state index in [1.165, 1.54) is 25.0 Å². The molecule has 1 aliphatic rings. The molecule has 0 saturated carbocycles. The average molecular weight is 275 g/mol. The maximum Gasteiger partial charge on any atom is 0.188 e. The van der Waals surface area contributed by atoms with Crippen molar-refractivity contribution >= 4 is 22.3 Å². The van der Waals surface area contributed by atoms with Crippen LogP contribution in [-0.2, 0) is 0 Å². The highest BCUT2D eigenvalue weighted by atomic mass is 32.1. The van der Waals surface area contributed by atoms with Crippen LogP contribution in [0, 0.1) is 0 Å². The zero-order chi connectivity index (χ0) is 13.1.